The standard InChI is InChI=1S/C16H22F2N2O/c17-12-7-8-15(18)14(11-12)16(21)20(10-4-9-19)13-5-2-1-3-6-13/h7-8,11,13H,1-6,9-10,19H2. The summed E-state index contributed by atoms with van der Waals surface area (Å²) >= 11 is 0. The zero-order valence-electron chi connectivity index (χ0n) is 12.2. The fourth-order valence-corrected chi connectivity index (χ4v) is 2.92. The van der Waals surface area contributed by atoms with Crippen LogP contribution in [0.5, 0.6) is 0 Å². The lowest BCUT2D eigenvalue weighted by Gasteiger charge is -2.34. The number of hydrogen-bond donors (Lipinski definition) is 1. The highest BCUT2D eigenvalue weighted by Gasteiger charge is 2.27. The first-order chi connectivity index (χ1) is 10.1. The molecule has 1 aromatic rings. The summed E-state index contributed by atoms with van der Waals surface area (Å²) in [4.78, 5) is 14.3. The molecule has 0 radical (unpaired) electrons. The highest BCUT2D eigenvalue weighted by molar-refractivity contribution is 5.94. The molecule has 0 aromatic heterocycles. The lowest BCUT2D eigenvalue weighted by Crippen LogP contribution is -2.43. The maximum absolute atomic E-state index is 13.8. The molecule has 0 aliphatic heterocycles. The number of amides is 1. The van der Waals surface area contributed by atoms with E-state index in [1.54, 1.807) is 4.90 Å². The van der Waals surface area contributed by atoms with Gasteiger partial charge < -0.3 is 10.6 Å². The summed E-state index contributed by atoms with van der Waals surface area (Å²) in [5.41, 5.74) is 5.34. The van der Waals surface area contributed by atoms with Crippen LogP contribution in [-0.4, -0.2) is 29.9 Å². The lowest BCUT2D eigenvalue weighted by molar-refractivity contribution is 0.0627. The van der Waals surface area contributed by atoms with Crippen LogP contribution in [0.25, 0.3) is 0 Å². The summed E-state index contributed by atoms with van der Waals surface area (Å²) in [5, 5.41) is 0. The quantitative estimate of drug-likeness (QED) is 0.907. The van der Waals surface area contributed by atoms with Gasteiger partial charge in [0.05, 0.1) is 5.56 Å². The van der Waals surface area contributed by atoms with E-state index in [1.165, 1.54) is 6.42 Å². The van der Waals surface area contributed by atoms with Crippen LogP contribution in [0.1, 0.15) is 48.9 Å². The lowest BCUT2D eigenvalue weighted by atomic mass is 9.93. The third-order valence-corrected chi connectivity index (χ3v) is 4.04. The van der Waals surface area contributed by atoms with Crippen molar-refractivity contribution in [2.45, 2.75) is 44.6 Å². The number of carbonyl (C=O) groups is 1. The Morgan fingerprint density at radius 1 is 1.24 bits per heavy atom. The molecule has 116 valence electrons. The van der Waals surface area contributed by atoms with E-state index in [9.17, 15) is 13.6 Å². The smallest absolute Gasteiger partial charge is 0.257 e. The predicted octanol–water partition coefficient (Wildman–Crippen LogP) is 3.09. The van der Waals surface area contributed by atoms with Crippen molar-refractivity contribution in [1.82, 2.24) is 4.90 Å². The molecule has 0 atom stereocenters. The molecule has 0 bridgehead atoms. The van der Waals surface area contributed by atoms with E-state index in [0.29, 0.717) is 19.5 Å². The van der Waals surface area contributed by atoms with Crippen molar-refractivity contribution in [2.75, 3.05) is 13.1 Å². The van der Waals surface area contributed by atoms with Crippen molar-refractivity contribution < 1.29 is 13.6 Å². The molecule has 0 spiro atoms. The highest BCUT2D eigenvalue weighted by Crippen LogP contribution is 2.25. The SMILES string of the molecule is NCCCN(C(=O)c1cc(F)ccc1F)C1CCCCC1. The van der Waals surface area contributed by atoms with Crippen LogP contribution in [0.3, 0.4) is 0 Å². The highest BCUT2D eigenvalue weighted by atomic mass is 19.1. The summed E-state index contributed by atoms with van der Waals surface area (Å²) in [6.45, 7) is 0.970. The van der Waals surface area contributed by atoms with Crippen LogP contribution < -0.4 is 5.73 Å². The van der Waals surface area contributed by atoms with Crippen LogP contribution in [-0.2, 0) is 0 Å². The third-order valence-electron chi connectivity index (χ3n) is 4.04. The molecule has 2 rings (SSSR count). The molecule has 1 saturated carbocycles. The summed E-state index contributed by atoms with van der Waals surface area (Å²) in [6, 6.07) is 3.12. The topological polar surface area (TPSA) is 46.3 Å². The van der Waals surface area contributed by atoms with Gasteiger partial charge in [0, 0.05) is 12.6 Å². The maximum atomic E-state index is 13.8. The molecule has 5 heteroatoms. The Kier molecular flexibility index (Phi) is 5.67. The minimum Gasteiger partial charge on any atom is -0.336 e. The second kappa shape index (κ2) is 7.50. The van der Waals surface area contributed by atoms with E-state index >= 15 is 0 Å². The summed E-state index contributed by atoms with van der Waals surface area (Å²) in [7, 11) is 0. The zero-order valence-corrected chi connectivity index (χ0v) is 12.2. The normalized spacial score (nSPS) is 16.0. The molecule has 0 heterocycles. The van der Waals surface area contributed by atoms with E-state index in [0.717, 1.165) is 43.9 Å². The number of benzene rings is 1. The summed E-state index contributed by atoms with van der Waals surface area (Å²) < 4.78 is 27.1. The fourth-order valence-electron chi connectivity index (χ4n) is 2.92. The number of halogens is 2. The first-order valence-corrected chi connectivity index (χ1v) is 7.59. The van der Waals surface area contributed by atoms with Gasteiger partial charge in [0.1, 0.15) is 11.6 Å². The van der Waals surface area contributed by atoms with E-state index in [1.807, 2.05) is 0 Å². The van der Waals surface area contributed by atoms with Gasteiger partial charge in [-0.25, -0.2) is 8.78 Å². The molecule has 1 aliphatic carbocycles. The average Bonchev–Trinajstić information content (AvgIpc) is 2.51. The molecule has 2 N–H and O–H groups in total. The molecule has 1 fully saturated rings. The number of carbonyl (C=O) groups excluding carboxylic acids is 1. The minimum absolute atomic E-state index is 0.112. The first-order valence-electron chi connectivity index (χ1n) is 7.59. The number of nitrogens with two attached hydrogens (primary N) is 1. The van der Waals surface area contributed by atoms with Gasteiger partial charge in [0.2, 0.25) is 0 Å². The van der Waals surface area contributed by atoms with Crippen LogP contribution in [0, 0.1) is 11.6 Å². The Labute approximate surface area is 124 Å². The molecule has 1 aromatic carbocycles. The largest absolute Gasteiger partial charge is 0.336 e. The molecule has 3 nitrogen and oxygen atoms in total. The van der Waals surface area contributed by atoms with Crippen molar-refractivity contribution >= 4 is 5.91 Å². The van der Waals surface area contributed by atoms with Gasteiger partial charge in [-0.2, -0.15) is 0 Å². The van der Waals surface area contributed by atoms with Crippen molar-refractivity contribution in [3.05, 3.63) is 35.4 Å². The average molecular weight is 296 g/mol. The zero-order chi connectivity index (χ0) is 15.2. The monoisotopic (exact) mass is 296 g/mol. The maximum Gasteiger partial charge on any atom is 0.257 e. The molecule has 21 heavy (non-hydrogen) atoms. The van der Waals surface area contributed by atoms with Gasteiger partial charge in [-0.05, 0) is 44.0 Å². The molecule has 0 saturated heterocycles. The van der Waals surface area contributed by atoms with E-state index < -0.39 is 17.5 Å². The van der Waals surface area contributed by atoms with Gasteiger partial charge in [-0.1, -0.05) is 19.3 Å². The Balaban J connectivity index is 2.21. The predicted molar refractivity (Wildman–Crippen MR) is 77.9 cm³/mol. The third kappa shape index (κ3) is 4.00. The Hall–Kier alpha value is -1.49. The molecule has 1 aliphatic rings. The van der Waals surface area contributed by atoms with Crippen molar-refractivity contribution in [3.63, 3.8) is 0 Å². The van der Waals surface area contributed by atoms with Crippen LogP contribution >= 0.6 is 0 Å². The number of nitrogens with zero attached hydrogens (tertiary/aromatic N) is 1. The molecular weight excluding hydrogens is 274 g/mol. The fraction of sp³-hybridized carbons (Fsp3) is 0.562. The van der Waals surface area contributed by atoms with Gasteiger partial charge >= 0.3 is 0 Å². The summed E-state index contributed by atoms with van der Waals surface area (Å²) in [6.07, 6.45) is 5.83. The van der Waals surface area contributed by atoms with Crippen LogP contribution in [0.15, 0.2) is 18.2 Å². The van der Waals surface area contributed by atoms with Crippen LogP contribution in [0.2, 0.25) is 0 Å². The number of hydrogen-bond acceptors (Lipinski definition) is 2. The van der Waals surface area contributed by atoms with Crippen molar-refractivity contribution in [3.8, 4) is 0 Å². The number of rotatable bonds is 5. The molecular formula is C16H22F2N2O. The van der Waals surface area contributed by atoms with E-state index in [4.69, 9.17) is 5.73 Å². The van der Waals surface area contributed by atoms with Crippen molar-refractivity contribution in [2.24, 2.45) is 5.73 Å². The van der Waals surface area contributed by atoms with E-state index in [2.05, 4.69) is 0 Å². The van der Waals surface area contributed by atoms with Gasteiger partial charge in [-0.3, -0.25) is 4.79 Å². The minimum atomic E-state index is -0.671. The van der Waals surface area contributed by atoms with Crippen molar-refractivity contribution in [1.29, 1.82) is 0 Å². The van der Waals surface area contributed by atoms with Gasteiger partial charge in [0.15, 0.2) is 0 Å². The second-order valence-electron chi connectivity index (χ2n) is 5.56. The molecule has 0 unspecified atom stereocenters. The first kappa shape index (κ1) is 15.9. The van der Waals surface area contributed by atoms with E-state index in [-0.39, 0.29) is 11.6 Å². The van der Waals surface area contributed by atoms with Crippen LogP contribution in [0.4, 0.5) is 8.78 Å². The Morgan fingerprint density at radius 3 is 2.62 bits per heavy atom. The van der Waals surface area contributed by atoms with Gasteiger partial charge in [-0.15, -0.1) is 0 Å². The second-order valence-corrected chi connectivity index (χ2v) is 5.56. The Bertz CT molecular complexity index is 487. The molecule has 1 amide bonds. The Morgan fingerprint density at radius 2 is 1.95 bits per heavy atom. The summed E-state index contributed by atoms with van der Waals surface area (Å²) in [5.74, 6) is -1.69. The van der Waals surface area contributed by atoms with Gasteiger partial charge in [0.25, 0.3) is 5.91 Å².